The molecule has 27 heavy (non-hydrogen) atoms. The van der Waals surface area contributed by atoms with Crippen molar-refractivity contribution in [2.75, 3.05) is 0 Å². The Kier molecular flexibility index (Phi) is 5.88. The van der Waals surface area contributed by atoms with Crippen molar-refractivity contribution in [3.8, 4) is 0 Å². The van der Waals surface area contributed by atoms with Gasteiger partial charge in [-0.05, 0) is 49.4 Å². The minimum absolute atomic E-state index is 0.00328. The fraction of sp³-hybridized carbons (Fsp3) is 0.105. The predicted molar refractivity (Wildman–Crippen MR) is 105 cm³/mol. The maximum Gasteiger partial charge on any atom is 0.240 e. The summed E-state index contributed by atoms with van der Waals surface area (Å²) >= 11 is 3.18. The number of aliphatic imine (C=N–C) groups is 1. The van der Waals surface area contributed by atoms with Gasteiger partial charge in [0.15, 0.2) is 0 Å². The van der Waals surface area contributed by atoms with Crippen LogP contribution in [0.2, 0.25) is 0 Å². The van der Waals surface area contributed by atoms with Crippen molar-refractivity contribution < 1.29 is 17.2 Å². The number of nitrogens with one attached hydrogen (secondary N) is 1. The van der Waals surface area contributed by atoms with Crippen molar-refractivity contribution in [1.82, 2.24) is 4.72 Å². The monoisotopic (exact) mass is 450 g/mol. The zero-order chi connectivity index (χ0) is 19.4. The van der Waals surface area contributed by atoms with E-state index in [1.54, 1.807) is 42.5 Å². The van der Waals surface area contributed by atoms with E-state index in [-0.39, 0.29) is 17.1 Å². The minimum atomic E-state index is -3.63. The minimum Gasteiger partial charge on any atom is -0.459 e. The van der Waals surface area contributed by atoms with Gasteiger partial charge in [0.2, 0.25) is 10.0 Å². The van der Waals surface area contributed by atoms with E-state index in [0.717, 1.165) is 5.56 Å². The largest absolute Gasteiger partial charge is 0.459 e. The maximum atomic E-state index is 13.7. The number of benzene rings is 2. The van der Waals surface area contributed by atoms with Crippen LogP contribution in [0.4, 0.5) is 10.1 Å². The first-order chi connectivity index (χ1) is 12.8. The summed E-state index contributed by atoms with van der Waals surface area (Å²) in [6.07, 6.45) is 1.38. The molecule has 140 valence electrons. The van der Waals surface area contributed by atoms with Crippen LogP contribution in [0.5, 0.6) is 0 Å². The van der Waals surface area contributed by atoms with E-state index in [4.69, 9.17) is 4.42 Å². The SMILES string of the molecule is Cc1ccc(S(=O)(=O)NCc2ccc(C=Nc3ccc(Br)cc3F)o2)cc1. The molecule has 0 saturated carbocycles. The van der Waals surface area contributed by atoms with Gasteiger partial charge < -0.3 is 4.42 Å². The first kappa shape index (κ1) is 19.5. The average molecular weight is 451 g/mol. The standard InChI is InChI=1S/C19H16BrFN2O3S/c1-13-2-7-17(8-3-13)27(24,25)23-12-16-6-5-15(26-16)11-22-19-9-4-14(20)10-18(19)21/h2-11,23H,12H2,1H3. The lowest BCUT2D eigenvalue weighted by Crippen LogP contribution is -2.22. The van der Waals surface area contributed by atoms with Crippen LogP contribution in [-0.2, 0) is 16.6 Å². The van der Waals surface area contributed by atoms with Crippen molar-refractivity contribution in [2.24, 2.45) is 4.99 Å². The van der Waals surface area contributed by atoms with E-state index < -0.39 is 15.8 Å². The fourth-order valence-electron chi connectivity index (χ4n) is 2.24. The first-order valence-corrected chi connectivity index (χ1v) is 10.3. The van der Waals surface area contributed by atoms with Gasteiger partial charge in [0.1, 0.15) is 17.3 Å². The quantitative estimate of drug-likeness (QED) is 0.552. The molecule has 8 heteroatoms. The molecule has 0 aliphatic heterocycles. The van der Waals surface area contributed by atoms with Crippen LogP contribution in [0.1, 0.15) is 17.1 Å². The summed E-state index contributed by atoms with van der Waals surface area (Å²) in [5.74, 6) is 0.350. The van der Waals surface area contributed by atoms with Crippen LogP contribution in [0.3, 0.4) is 0 Å². The van der Waals surface area contributed by atoms with Gasteiger partial charge in [-0.2, -0.15) is 0 Å². The van der Waals surface area contributed by atoms with E-state index in [2.05, 4.69) is 25.6 Å². The molecule has 0 unspecified atom stereocenters. The Morgan fingerprint density at radius 1 is 1.15 bits per heavy atom. The third-order valence-corrected chi connectivity index (χ3v) is 5.60. The highest BCUT2D eigenvalue weighted by atomic mass is 79.9. The maximum absolute atomic E-state index is 13.7. The third kappa shape index (κ3) is 5.12. The molecule has 0 saturated heterocycles. The molecule has 0 aliphatic rings. The van der Waals surface area contributed by atoms with Crippen molar-refractivity contribution in [3.63, 3.8) is 0 Å². The molecule has 0 atom stereocenters. The van der Waals surface area contributed by atoms with E-state index in [0.29, 0.717) is 16.0 Å². The van der Waals surface area contributed by atoms with E-state index >= 15 is 0 Å². The summed E-state index contributed by atoms with van der Waals surface area (Å²) in [6.45, 7) is 1.88. The number of rotatable bonds is 6. The van der Waals surface area contributed by atoms with Crippen LogP contribution in [0.15, 0.2) is 73.4 Å². The number of aryl methyl sites for hydroxylation is 1. The molecular formula is C19H16BrFN2O3S. The second-order valence-corrected chi connectivity index (χ2v) is 8.48. The second kappa shape index (κ2) is 8.16. The number of hydrogen-bond acceptors (Lipinski definition) is 4. The molecule has 1 aromatic heterocycles. The van der Waals surface area contributed by atoms with Crippen molar-refractivity contribution >= 4 is 37.9 Å². The molecule has 0 amide bonds. The van der Waals surface area contributed by atoms with Gasteiger partial charge in [0, 0.05) is 4.47 Å². The molecule has 0 fully saturated rings. The smallest absolute Gasteiger partial charge is 0.240 e. The Morgan fingerprint density at radius 2 is 1.89 bits per heavy atom. The summed E-state index contributed by atoms with van der Waals surface area (Å²) in [7, 11) is -3.63. The van der Waals surface area contributed by atoms with Crippen molar-refractivity contribution in [2.45, 2.75) is 18.4 Å². The summed E-state index contributed by atoms with van der Waals surface area (Å²) in [6, 6.07) is 14.4. The van der Waals surface area contributed by atoms with Gasteiger partial charge in [-0.25, -0.2) is 22.5 Å². The summed E-state index contributed by atoms with van der Waals surface area (Å²) in [5.41, 5.74) is 1.15. The first-order valence-electron chi connectivity index (χ1n) is 7.98. The summed E-state index contributed by atoms with van der Waals surface area (Å²) in [5, 5.41) is 0. The van der Waals surface area contributed by atoms with Gasteiger partial charge >= 0.3 is 0 Å². The zero-order valence-electron chi connectivity index (χ0n) is 14.3. The lowest BCUT2D eigenvalue weighted by atomic mass is 10.2. The third-order valence-electron chi connectivity index (χ3n) is 3.69. The van der Waals surface area contributed by atoms with Crippen LogP contribution in [-0.4, -0.2) is 14.6 Å². The Morgan fingerprint density at radius 3 is 2.59 bits per heavy atom. The van der Waals surface area contributed by atoms with Crippen LogP contribution >= 0.6 is 15.9 Å². The Labute approximate surface area is 165 Å². The van der Waals surface area contributed by atoms with E-state index in [1.807, 2.05) is 6.92 Å². The lowest BCUT2D eigenvalue weighted by molar-refractivity contribution is 0.494. The number of nitrogens with zero attached hydrogens (tertiary/aromatic N) is 1. The average Bonchev–Trinajstić information content (AvgIpc) is 3.08. The molecule has 0 aliphatic carbocycles. The van der Waals surface area contributed by atoms with Crippen LogP contribution in [0, 0.1) is 12.7 Å². The molecular weight excluding hydrogens is 435 g/mol. The summed E-state index contributed by atoms with van der Waals surface area (Å²) < 4.78 is 46.9. The second-order valence-electron chi connectivity index (χ2n) is 5.80. The van der Waals surface area contributed by atoms with Crippen LogP contribution in [0.25, 0.3) is 0 Å². The number of furan rings is 1. The fourth-order valence-corrected chi connectivity index (χ4v) is 3.57. The molecule has 1 heterocycles. The Bertz CT molecular complexity index is 1080. The van der Waals surface area contributed by atoms with Gasteiger partial charge in [0.25, 0.3) is 0 Å². The molecule has 1 N–H and O–H groups in total. The highest BCUT2D eigenvalue weighted by Crippen LogP contribution is 2.22. The van der Waals surface area contributed by atoms with Gasteiger partial charge in [-0.3, -0.25) is 0 Å². The van der Waals surface area contributed by atoms with Gasteiger partial charge in [0.05, 0.1) is 23.3 Å². The molecule has 3 aromatic rings. The van der Waals surface area contributed by atoms with Crippen LogP contribution < -0.4 is 4.72 Å². The van der Waals surface area contributed by atoms with Gasteiger partial charge in [-0.1, -0.05) is 33.6 Å². The topological polar surface area (TPSA) is 71.7 Å². The van der Waals surface area contributed by atoms with E-state index in [1.165, 1.54) is 18.3 Å². The molecule has 0 bridgehead atoms. The number of hydrogen-bond donors (Lipinski definition) is 1. The normalized spacial score (nSPS) is 12.0. The summed E-state index contributed by atoms with van der Waals surface area (Å²) in [4.78, 5) is 4.23. The molecule has 0 spiro atoms. The Balaban J connectivity index is 1.65. The van der Waals surface area contributed by atoms with Crippen molar-refractivity contribution in [3.05, 3.63) is 82.0 Å². The number of sulfonamides is 1. The highest BCUT2D eigenvalue weighted by Gasteiger charge is 2.14. The lowest BCUT2D eigenvalue weighted by Gasteiger charge is -2.05. The highest BCUT2D eigenvalue weighted by molar-refractivity contribution is 9.10. The Hall–Kier alpha value is -2.29. The molecule has 5 nitrogen and oxygen atoms in total. The van der Waals surface area contributed by atoms with Crippen molar-refractivity contribution in [1.29, 1.82) is 0 Å². The predicted octanol–water partition coefficient (Wildman–Crippen LogP) is 4.72. The molecule has 3 rings (SSSR count). The molecule has 0 radical (unpaired) electrons. The molecule has 2 aromatic carbocycles. The zero-order valence-corrected chi connectivity index (χ0v) is 16.7. The number of halogens is 2. The van der Waals surface area contributed by atoms with Gasteiger partial charge in [-0.15, -0.1) is 0 Å². The van der Waals surface area contributed by atoms with E-state index in [9.17, 15) is 12.8 Å².